The lowest BCUT2D eigenvalue weighted by atomic mass is 10.2. The Hall–Kier alpha value is -2.35. The standard InChI is InChI=1S/C12H12F2N4O2/c1-17-3-2-16-12(17)7-15-6-8-4-11(18(19)20)10(14)5-9(8)13/h2-5,15H,6-7H2,1H3. The van der Waals surface area contributed by atoms with Crippen molar-refractivity contribution in [2.24, 2.45) is 7.05 Å². The summed E-state index contributed by atoms with van der Waals surface area (Å²) in [7, 11) is 1.81. The zero-order valence-corrected chi connectivity index (χ0v) is 10.6. The third-order valence-electron chi connectivity index (χ3n) is 2.83. The topological polar surface area (TPSA) is 73.0 Å². The molecule has 0 radical (unpaired) electrons. The van der Waals surface area contributed by atoms with Crippen LogP contribution in [0, 0.1) is 21.7 Å². The van der Waals surface area contributed by atoms with Gasteiger partial charge in [-0.1, -0.05) is 0 Å². The number of nitro benzene ring substituents is 1. The summed E-state index contributed by atoms with van der Waals surface area (Å²) < 4.78 is 28.5. The molecule has 1 aromatic carbocycles. The smallest absolute Gasteiger partial charge is 0.305 e. The Morgan fingerprint density at radius 2 is 2.10 bits per heavy atom. The van der Waals surface area contributed by atoms with Crippen molar-refractivity contribution in [3.8, 4) is 0 Å². The molecule has 106 valence electrons. The van der Waals surface area contributed by atoms with Crippen LogP contribution in [0.5, 0.6) is 0 Å². The first-order valence-corrected chi connectivity index (χ1v) is 5.78. The number of aromatic nitrogens is 2. The van der Waals surface area contributed by atoms with Gasteiger partial charge < -0.3 is 9.88 Å². The van der Waals surface area contributed by atoms with Crippen molar-refractivity contribution < 1.29 is 13.7 Å². The molecule has 20 heavy (non-hydrogen) atoms. The number of hydrogen-bond acceptors (Lipinski definition) is 4. The second kappa shape index (κ2) is 5.74. The number of imidazole rings is 1. The van der Waals surface area contributed by atoms with E-state index in [4.69, 9.17) is 0 Å². The highest BCUT2D eigenvalue weighted by atomic mass is 19.1. The van der Waals surface area contributed by atoms with Crippen molar-refractivity contribution in [2.75, 3.05) is 0 Å². The van der Waals surface area contributed by atoms with E-state index in [2.05, 4.69) is 10.3 Å². The van der Waals surface area contributed by atoms with E-state index in [-0.39, 0.29) is 12.1 Å². The fourth-order valence-corrected chi connectivity index (χ4v) is 1.73. The van der Waals surface area contributed by atoms with Gasteiger partial charge in [0.25, 0.3) is 0 Å². The van der Waals surface area contributed by atoms with E-state index in [9.17, 15) is 18.9 Å². The Morgan fingerprint density at radius 3 is 2.70 bits per heavy atom. The lowest BCUT2D eigenvalue weighted by molar-refractivity contribution is -0.387. The lowest BCUT2D eigenvalue weighted by Crippen LogP contribution is -2.16. The van der Waals surface area contributed by atoms with Crippen LogP contribution in [0.25, 0.3) is 0 Å². The molecule has 0 fully saturated rings. The molecular formula is C12H12F2N4O2. The predicted octanol–water partition coefficient (Wildman–Crippen LogP) is 1.90. The highest BCUT2D eigenvalue weighted by Crippen LogP contribution is 2.21. The van der Waals surface area contributed by atoms with Crippen molar-refractivity contribution >= 4 is 5.69 Å². The van der Waals surface area contributed by atoms with Crippen LogP contribution in [0.1, 0.15) is 11.4 Å². The molecule has 0 aliphatic carbocycles. The quantitative estimate of drug-likeness (QED) is 0.671. The average molecular weight is 282 g/mol. The molecule has 0 amide bonds. The summed E-state index contributed by atoms with van der Waals surface area (Å²) in [4.78, 5) is 13.8. The Labute approximate surface area is 113 Å². The molecule has 2 aromatic rings. The van der Waals surface area contributed by atoms with Gasteiger partial charge in [-0.15, -0.1) is 0 Å². The summed E-state index contributed by atoms with van der Waals surface area (Å²) in [5.41, 5.74) is -0.701. The van der Waals surface area contributed by atoms with Gasteiger partial charge in [-0.05, 0) is 0 Å². The highest BCUT2D eigenvalue weighted by molar-refractivity contribution is 5.37. The Balaban J connectivity index is 2.08. The molecule has 8 heteroatoms. The largest absolute Gasteiger partial charge is 0.337 e. The average Bonchev–Trinajstić information content (AvgIpc) is 2.77. The number of halogens is 2. The minimum atomic E-state index is -1.18. The second-order valence-corrected chi connectivity index (χ2v) is 4.21. The SMILES string of the molecule is Cn1ccnc1CNCc1cc([N+](=O)[O-])c(F)cc1F. The third-order valence-corrected chi connectivity index (χ3v) is 2.83. The summed E-state index contributed by atoms with van der Waals surface area (Å²) in [5.74, 6) is -1.26. The molecule has 6 nitrogen and oxygen atoms in total. The normalized spacial score (nSPS) is 10.8. The van der Waals surface area contributed by atoms with Crippen LogP contribution in [0.15, 0.2) is 24.5 Å². The molecule has 0 atom stereocenters. The Bertz CT molecular complexity index is 642. The zero-order chi connectivity index (χ0) is 14.7. The third kappa shape index (κ3) is 2.97. The van der Waals surface area contributed by atoms with E-state index >= 15 is 0 Å². The van der Waals surface area contributed by atoms with Crippen LogP contribution in [0.3, 0.4) is 0 Å². The van der Waals surface area contributed by atoms with Gasteiger partial charge in [0.1, 0.15) is 11.6 Å². The van der Waals surface area contributed by atoms with Crippen LogP contribution in [-0.2, 0) is 20.1 Å². The molecule has 1 heterocycles. The van der Waals surface area contributed by atoms with Gasteiger partial charge in [-0.3, -0.25) is 10.1 Å². The van der Waals surface area contributed by atoms with E-state index in [0.717, 1.165) is 11.9 Å². The number of hydrogen-bond donors (Lipinski definition) is 1. The number of nitrogens with one attached hydrogen (secondary N) is 1. The summed E-state index contributed by atoms with van der Waals surface area (Å²) in [5, 5.41) is 13.5. The predicted molar refractivity (Wildman–Crippen MR) is 66.8 cm³/mol. The van der Waals surface area contributed by atoms with Crippen LogP contribution in [-0.4, -0.2) is 14.5 Å². The van der Waals surface area contributed by atoms with E-state index < -0.39 is 22.2 Å². The molecule has 0 saturated carbocycles. The molecule has 1 N–H and O–H groups in total. The minimum absolute atomic E-state index is 0.0345. The molecular weight excluding hydrogens is 270 g/mol. The summed E-state index contributed by atoms with van der Waals surface area (Å²) in [6, 6.07) is 1.42. The molecule has 0 aliphatic heterocycles. The van der Waals surface area contributed by atoms with Crippen molar-refractivity contribution in [3.63, 3.8) is 0 Å². The van der Waals surface area contributed by atoms with Crippen LogP contribution in [0.2, 0.25) is 0 Å². The van der Waals surface area contributed by atoms with Crippen LogP contribution < -0.4 is 5.32 Å². The fraction of sp³-hybridized carbons (Fsp3) is 0.250. The maximum absolute atomic E-state index is 13.5. The van der Waals surface area contributed by atoms with E-state index in [1.54, 1.807) is 17.0 Å². The molecule has 0 unspecified atom stereocenters. The maximum atomic E-state index is 13.5. The Kier molecular flexibility index (Phi) is 4.04. The zero-order valence-electron chi connectivity index (χ0n) is 10.6. The van der Waals surface area contributed by atoms with E-state index in [0.29, 0.717) is 12.6 Å². The van der Waals surface area contributed by atoms with Crippen molar-refractivity contribution in [1.29, 1.82) is 0 Å². The number of benzene rings is 1. The van der Waals surface area contributed by atoms with Crippen molar-refractivity contribution in [1.82, 2.24) is 14.9 Å². The maximum Gasteiger partial charge on any atom is 0.305 e. The number of nitrogens with zero attached hydrogens (tertiary/aromatic N) is 3. The van der Waals surface area contributed by atoms with Gasteiger partial charge in [0, 0.05) is 43.7 Å². The van der Waals surface area contributed by atoms with Crippen LogP contribution in [0.4, 0.5) is 14.5 Å². The number of rotatable bonds is 5. The van der Waals surface area contributed by atoms with Crippen LogP contribution >= 0.6 is 0 Å². The van der Waals surface area contributed by atoms with Gasteiger partial charge in [-0.25, -0.2) is 9.37 Å². The molecule has 0 saturated heterocycles. The second-order valence-electron chi connectivity index (χ2n) is 4.21. The molecule has 0 bridgehead atoms. The Morgan fingerprint density at radius 1 is 1.35 bits per heavy atom. The number of nitro groups is 1. The lowest BCUT2D eigenvalue weighted by Gasteiger charge is -2.06. The molecule has 1 aromatic heterocycles. The van der Waals surface area contributed by atoms with Gasteiger partial charge in [0.15, 0.2) is 0 Å². The van der Waals surface area contributed by atoms with Gasteiger partial charge in [0.05, 0.1) is 11.5 Å². The summed E-state index contributed by atoms with van der Waals surface area (Å²) >= 11 is 0. The summed E-state index contributed by atoms with van der Waals surface area (Å²) in [6.45, 7) is 0.411. The summed E-state index contributed by atoms with van der Waals surface area (Å²) in [6.07, 6.45) is 3.39. The van der Waals surface area contributed by atoms with Crippen molar-refractivity contribution in [2.45, 2.75) is 13.1 Å². The molecule has 0 aliphatic rings. The van der Waals surface area contributed by atoms with Gasteiger partial charge in [-0.2, -0.15) is 4.39 Å². The van der Waals surface area contributed by atoms with E-state index in [1.807, 2.05) is 7.05 Å². The molecule has 2 rings (SSSR count). The van der Waals surface area contributed by atoms with Crippen molar-refractivity contribution in [3.05, 3.63) is 57.7 Å². The first kappa shape index (κ1) is 14.1. The monoisotopic (exact) mass is 282 g/mol. The number of aryl methyl sites for hydroxylation is 1. The highest BCUT2D eigenvalue weighted by Gasteiger charge is 2.18. The van der Waals surface area contributed by atoms with Gasteiger partial charge in [0.2, 0.25) is 5.82 Å². The first-order valence-electron chi connectivity index (χ1n) is 5.78. The van der Waals surface area contributed by atoms with E-state index in [1.165, 1.54) is 0 Å². The fourth-order valence-electron chi connectivity index (χ4n) is 1.73. The van der Waals surface area contributed by atoms with Gasteiger partial charge >= 0.3 is 5.69 Å². The first-order chi connectivity index (χ1) is 9.49. The molecule has 0 spiro atoms. The minimum Gasteiger partial charge on any atom is -0.337 e.